The first-order chi connectivity index (χ1) is 10.5. The second kappa shape index (κ2) is 7.72. The van der Waals surface area contributed by atoms with Gasteiger partial charge in [-0.25, -0.2) is 4.98 Å². The lowest BCUT2D eigenvalue weighted by molar-refractivity contribution is 0.0849. The molecule has 1 atom stereocenters. The molecule has 0 radical (unpaired) electrons. The van der Waals surface area contributed by atoms with Crippen molar-refractivity contribution in [2.75, 3.05) is 6.61 Å². The summed E-state index contributed by atoms with van der Waals surface area (Å²) in [5.41, 5.74) is 7.41. The molecule has 2 aromatic rings. The highest BCUT2D eigenvalue weighted by molar-refractivity contribution is 6.76. The fraction of sp³-hybridized carbons (Fsp3) is 0.471. The normalized spacial score (nSPS) is 13.3. The Hall–Kier alpha value is -1.43. The summed E-state index contributed by atoms with van der Waals surface area (Å²) in [6.45, 7) is 8.45. The number of nitrogens with zero attached hydrogens (tertiary/aromatic N) is 2. The summed E-state index contributed by atoms with van der Waals surface area (Å²) in [6.07, 6.45) is 4.49. The van der Waals surface area contributed by atoms with Gasteiger partial charge in [0.2, 0.25) is 0 Å². The van der Waals surface area contributed by atoms with E-state index in [9.17, 15) is 0 Å². The Kier molecular flexibility index (Phi) is 5.94. The van der Waals surface area contributed by atoms with Crippen LogP contribution in [0.5, 0.6) is 0 Å². The molecule has 1 aromatic carbocycles. The number of benzene rings is 1. The van der Waals surface area contributed by atoms with Crippen LogP contribution in [-0.4, -0.2) is 24.2 Å². The summed E-state index contributed by atoms with van der Waals surface area (Å²) >= 11 is 0. The summed E-state index contributed by atoms with van der Waals surface area (Å²) < 4.78 is 7.85. The van der Waals surface area contributed by atoms with E-state index in [0.717, 1.165) is 18.0 Å². The Morgan fingerprint density at radius 1 is 1.23 bits per heavy atom. The molecule has 0 aliphatic heterocycles. The third-order valence-corrected chi connectivity index (χ3v) is 5.36. The quantitative estimate of drug-likeness (QED) is 0.599. The van der Waals surface area contributed by atoms with Crippen LogP contribution in [0.15, 0.2) is 42.7 Å². The Bertz CT molecular complexity index is 563. The number of hydrogen-bond acceptors (Lipinski definition) is 3. The monoisotopic (exact) mass is 317 g/mol. The summed E-state index contributed by atoms with van der Waals surface area (Å²) in [6, 6.07) is 11.3. The van der Waals surface area contributed by atoms with Crippen molar-refractivity contribution < 1.29 is 4.74 Å². The maximum atomic E-state index is 6.28. The molecule has 1 unspecified atom stereocenters. The van der Waals surface area contributed by atoms with Crippen LogP contribution in [-0.2, 0) is 17.9 Å². The Morgan fingerprint density at radius 2 is 1.95 bits per heavy atom. The van der Waals surface area contributed by atoms with E-state index in [1.54, 1.807) is 0 Å². The minimum atomic E-state index is -1.03. The molecule has 0 spiro atoms. The molecule has 22 heavy (non-hydrogen) atoms. The first-order valence-electron chi connectivity index (χ1n) is 7.84. The predicted octanol–water partition coefficient (Wildman–Crippen LogP) is 3.44. The fourth-order valence-electron chi connectivity index (χ4n) is 2.20. The molecule has 0 amide bonds. The number of nitrogens with two attached hydrogens (primary N) is 1. The summed E-state index contributed by atoms with van der Waals surface area (Å²) in [5.74, 6) is 0.976. The van der Waals surface area contributed by atoms with Gasteiger partial charge in [-0.15, -0.1) is 0 Å². The standard InChI is InChI=1S/C17H27N3OSi/c1-22(2,3)12-11-21-14-20-10-9-19-17(20)13-16(18)15-7-5-4-6-8-15/h4-10,16H,11-14,18H2,1-3H3. The van der Waals surface area contributed by atoms with E-state index in [1.165, 1.54) is 6.04 Å². The van der Waals surface area contributed by atoms with Gasteiger partial charge in [0.1, 0.15) is 12.6 Å². The van der Waals surface area contributed by atoms with Gasteiger partial charge in [-0.2, -0.15) is 0 Å². The SMILES string of the molecule is C[Si](C)(C)CCOCn1ccnc1CC(N)c1ccccc1. The van der Waals surface area contributed by atoms with E-state index in [-0.39, 0.29) is 6.04 Å². The van der Waals surface area contributed by atoms with E-state index in [2.05, 4.69) is 36.8 Å². The average molecular weight is 318 g/mol. The molecule has 0 saturated heterocycles. The lowest BCUT2D eigenvalue weighted by atomic mass is 10.0. The molecule has 2 N–H and O–H groups in total. The van der Waals surface area contributed by atoms with Crippen LogP contribution in [0, 0.1) is 0 Å². The van der Waals surface area contributed by atoms with E-state index >= 15 is 0 Å². The lowest BCUT2D eigenvalue weighted by Crippen LogP contribution is -2.22. The molecule has 0 aliphatic carbocycles. The van der Waals surface area contributed by atoms with Crippen molar-refractivity contribution in [1.82, 2.24) is 9.55 Å². The first-order valence-corrected chi connectivity index (χ1v) is 11.5. The van der Waals surface area contributed by atoms with Crippen LogP contribution < -0.4 is 5.73 Å². The minimum absolute atomic E-state index is 0.0377. The van der Waals surface area contributed by atoms with Gasteiger partial charge in [0.05, 0.1) is 0 Å². The topological polar surface area (TPSA) is 53.1 Å². The van der Waals surface area contributed by atoms with E-state index in [1.807, 2.05) is 35.2 Å². The smallest absolute Gasteiger partial charge is 0.123 e. The molecule has 0 bridgehead atoms. The van der Waals surface area contributed by atoms with Crippen LogP contribution in [0.3, 0.4) is 0 Å². The van der Waals surface area contributed by atoms with Crippen molar-refractivity contribution in [3.05, 3.63) is 54.1 Å². The molecular weight excluding hydrogens is 290 g/mol. The van der Waals surface area contributed by atoms with E-state index < -0.39 is 8.07 Å². The molecular formula is C17H27N3OSi. The highest BCUT2D eigenvalue weighted by atomic mass is 28.3. The number of aromatic nitrogens is 2. The molecule has 0 fully saturated rings. The minimum Gasteiger partial charge on any atom is -0.361 e. The van der Waals surface area contributed by atoms with Crippen molar-refractivity contribution >= 4 is 8.07 Å². The Labute approximate surface area is 134 Å². The average Bonchev–Trinajstić information content (AvgIpc) is 2.91. The second-order valence-corrected chi connectivity index (χ2v) is 12.5. The van der Waals surface area contributed by atoms with Crippen LogP contribution >= 0.6 is 0 Å². The van der Waals surface area contributed by atoms with Crippen molar-refractivity contribution in [3.8, 4) is 0 Å². The number of rotatable bonds is 8. The van der Waals surface area contributed by atoms with Crippen molar-refractivity contribution in [3.63, 3.8) is 0 Å². The number of hydrogen-bond donors (Lipinski definition) is 1. The molecule has 1 aromatic heterocycles. The van der Waals surface area contributed by atoms with E-state index in [4.69, 9.17) is 10.5 Å². The number of imidazole rings is 1. The van der Waals surface area contributed by atoms with Crippen molar-refractivity contribution in [2.24, 2.45) is 5.73 Å². The molecule has 120 valence electrons. The largest absolute Gasteiger partial charge is 0.361 e. The Morgan fingerprint density at radius 3 is 2.64 bits per heavy atom. The first kappa shape index (κ1) is 16.9. The van der Waals surface area contributed by atoms with Crippen LogP contribution in [0.1, 0.15) is 17.4 Å². The molecule has 4 nitrogen and oxygen atoms in total. The van der Waals surface area contributed by atoms with Gasteiger partial charge in [0, 0.05) is 39.5 Å². The summed E-state index contributed by atoms with van der Waals surface area (Å²) in [5, 5.41) is 0. The third-order valence-electron chi connectivity index (χ3n) is 3.66. The second-order valence-electron chi connectivity index (χ2n) is 6.88. The molecule has 1 heterocycles. The summed E-state index contributed by atoms with van der Waals surface area (Å²) in [4.78, 5) is 4.42. The van der Waals surface area contributed by atoms with Gasteiger partial charge in [-0.05, 0) is 11.6 Å². The molecule has 5 heteroatoms. The zero-order valence-corrected chi connectivity index (χ0v) is 14.8. The van der Waals surface area contributed by atoms with Crippen LogP contribution in [0.2, 0.25) is 25.7 Å². The van der Waals surface area contributed by atoms with Gasteiger partial charge in [-0.3, -0.25) is 0 Å². The van der Waals surface area contributed by atoms with E-state index in [0.29, 0.717) is 13.2 Å². The predicted molar refractivity (Wildman–Crippen MR) is 93.4 cm³/mol. The zero-order chi connectivity index (χ0) is 16.0. The maximum Gasteiger partial charge on any atom is 0.123 e. The van der Waals surface area contributed by atoms with Crippen molar-refractivity contribution in [2.45, 2.75) is 44.9 Å². The lowest BCUT2D eigenvalue weighted by Gasteiger charge is -2.17. The Balaban J connectivity index is 1.87. The van der Waals surface area contributed by atoms with Gasteiger partial charge in [-0.1, -0.05) is 50.0 Å². The highest BCUT2D eigenvalue weighted by Gasteiger charge is 2.13. The highest BCUT2D eigenvalue weighted by Crippen LogP contribution is 2.15. The maximum absolute atomic E-state index is 6.28. The van der Waals surface area contributed by atoms with Crippen LogP contribution in [0.25, 0.3) is 0 Å². The van der Waals surface area contributed by atoms with Crippen molar-refractivity contribution in [1.29, 1.82) is 0 Å². The fourth-order valence-corrected chi connectivity index (χ4v) is 2.96. The molecule has 2 rings (SSSR count). The molecule has 0 aliphatic rings. The van der Waals surface area contributed by atoms with Crippen LogP contribution in [0.4, 0.5) is 0 Å². The van der Waals surface area contributed by atoms with Gasteiger partial charge >= 0.3 is 0 Å². The molecule has 0 saturated carbocycles. The van der Waals surface area contributed by atoms with Gasteiger partial charge in [0.15, 0.2) is 0 Å². The number of ether oxygens (including phenoxy) is 1. The van der Waals surface area contributed by atoms with Gasteiger partial charge < -0.3 is 15.0 Å². The zero-order valence-electron chi connectivity index (χ0n) is 13.8. The summed E-state index contributed by atoms with van der Waals surface area (Å²) in [7, 11) is -1.03. The third kappa shape index (κ3) is 5.40. The van der Waals surface area contributed by atoms with Gasteiger partial charge in [0.25, 0.3) is 0 Å².